The lowest BCUT2D eigenvalue weighted by Crippen LogP contribution is -2.30. The van der Waals surface area contributed by atoms with E-state index in [-0.39, 0.29) is 0 Å². The Kier molecular flexibility index (Phi) is 3.06. The van der Waals surface area contributed by atoms with Crippen molar-refractivity contribution >= 4 is 23.0 Å². The number of carboxylic acid groups (broad SMARTS) is 1. The first-order chi connectivity index (χ1) is 9.65. The van der Waals surface area contributed by atoms with Crippen LogP contribution in [0.4, 0.5) is 17.1 Å². The third-order valence-corrected chi connectivity index (χ3v) is 3.53. The van der Waals surface area contributed by atoms with E-state index in [9.17, 15) is 4.79 Å². The normalized spacial score (nSPS) is 13.6. The highest BCUT2D eigenvalue weighted by Gasteiger charge is 2.19. The number of nitrogens with zero attached hydrogens (tertiary/aromatic N) is 1. The molecule has 2 aromatic carbocycles. The van der Waals surface area contributed by atoms with Crippen LogP contribution >= 0.6 is 0 Å². The molecular formula is C16H16N2O2. The third-order valence-electron chi connectivity index (χ3n) is 3.53. The molecule has 0 fully saturated rings. The molecule has 4 heteroatoms. The first-order valence-electron chi connectivity index (χ1n) is 6.60. The Balaban J connectivity index is 2.01. The monoisotopic (exact) mass is 268 g/mol. The SMILES string of the molecule is Cc1ccc(N2CCNc3cc(C(=O)O)ccc32)cc1. The predicted molar refractivity (Wildman–Crippen MR) is 80.1 cm³/mol. The highest BCUT2D eigenvalue weighted by molar-refractivity contribution is 5.92. The summed E-state index contributed by atoms with van der Waals surface area (Å²) in [4.78, 5) is 13.2. The number of nitrogens with one attached hydrogen (secondary N) is 1. The van der Waals surface area contributed by atoms with E-state index in [4.69, 9.17) is 5.11 Å². The zero-order chi connectivity index (χ0) is 14.1. The van der Waals surface area contributed by atoms with Gasteiger partial charge in [-0.3, -0.25) is 0 Å². The molecule has 2 N–H and O–H groups in total. The molecule has 0 aliphatic carbocycles. The average molecular weight is 268 g/mol. The van der Waals surface area contributed by atoms with Crippen molar-refractivity contribution in [3.63, 3.8) is 0 Å². The van der Waals surface area contributed by atoms with E-state index in [1.54, 1.807) is 12.1 Å². The third kappa shape index (κ3) is 2.20. The summed E-state index contributed by atoms with van der Waals surface area (Å²) in [5.41, 5.74) is 4.55. The van der Waals surface area contributed by atoms with Crippen molar-refractivity contribution in [2.24, 2.45) is 0 Å². The lowest BCUT2D eigenvalue weighted by Gasteiger charge is -2.32. The quantitative estimate of drug-likeness (QED) is 0.877. The second-order valence-electron chi connectivity index (χ2n) is 4.95. The van der Waals surface area contributed by atoms with Gasteiger partial charge in [-0.15, -0.1) is 0 Å². The zero-order valence-corrected chi connectivity index (χ0v) is 11.3. The van der Waals surface area contributed by atoms with Gasteiger partial charge in [-0.2, -0.15) is 0 Å². The summed E-state index contributed by atoms with van der Waals surface area (Å²) >= 11 is 0. The van der Waals surface area contributed by atoms with Gasteiger partial charge in [0.2, 0.25) is 0 Å². The van der Waals surface area contributed by atoms with Gasteiger partial charge in [0.05, 0.1) is 16.9 Å². The summed E-state index contributed by atoms with van der Waals surface area (Å²) in [7, 11) is 0. The van der Waals surface area contributed by atoms with E-state index in [1.165, 1.54) is 5.56 Å². The Bertz CT molecular complexity index is 650. The maximum absolute atomic E-state index is 11.0. The summed E-state index contributed by atoms with van der Waals surface area (Å²) in [6.07, 6.45) is 0. The molecule has 1 aliphatic rings. The molecule has 0 saturated heterocycles. The van der Waals surface area contributed by atoms with Gasteiger partial charge in [0.1, 0.15) is 0 Å². The van der Waals surface area contributed by atoms with Gasteiger partial charge in [0.15, 0.2) is 0 Å². The number of anilines is 3. The molecule has 0 radical (unpaired) electrons. The van der Waals surface area contributed by atoms with Crippen molar-refractivity contribution in [1.82, 2.24) is 0 Å². The minimum atomic E-state index is -0.901. The van der Waals surface area contributed by atoms with E-state index in [0.717, 1.165) is 30.2 Å². The number of carboxylic acids is 1. The van der Waals surface area contributed by atoms with Gasteiger partial charge in [-0.05, 0) is 37.3 Å². The lowest BCUT2D eigenvalue weighted by atomic mass is 10.1. The Labute approximate surface area is 117 Å². The van der Waals surface area contributed by atoms with Crippen LogP contribution in [0.15, 0.2) is 42.5 Å². The number of hydrogen-bond acceptors (Lipinski definition) is 3. The summed E-state index contributed by atoms with van der Waals surface area (Å²) in [5, 5.41) is 12.3. The topological polar surface area (TPSA) is 52.6 Å². The van der Waals surface area contributed by atoms with Gasteiger partial charge in [-0.1, -0.05) is 17.7 Å². The number of rotatable bonds is 2. The molecule has 0 aromatic heterocycles. The molecule has 102 valence electrons. The minimum absolute atomic E-state index is 0.307. The number of benzene rings is 2. The van der Waals surface area contributed by atoms with Crippen LogP contribution in [-0.2, 0) is 0 Å². The van der Waals surface area contributed by atoms with Crippen LogP contribution in [0.2, 0.25) is 0 Å². The molecule has 0 bridgehead atoms. The van der Waals surface area contributed by atoms with Gasteiger partial charge < -0.3 is 15.3 Å². The van der Waals surface area contributed by atoms with Crippen LogP contribution in [0.3, 0.4) is 0 Å². The first-order valence-corrected chi connectivity index (χ1v) is 6.60. The van der Waals surface area contributed by atoms with E-state index in [0.29, 0.717) is 5.56 Å². The smallest absolute Gasteiger partial charge is 0.335 e. The Hall–Kier alpha value is -2.49. The molecule has 0 unspecified atom stereocenters. The maximum Gasteiger partial charge on any atom is 0.335 e. The maximum atomic E-state index is 11.0. The number of carbonyl (C=O) groups is 1. The predicted octanol–water partition coefficient (Wildman–Crippen LogP) is 3.26. The van der Waals surface area contributed by atoms with Crippen LogP contribution in [-0.4, -0.2) is 24.2 Å². The molecular weight excluding hydrogens is 252 g/mol. The van der Waals surface area contributed by atoms with Gasteiger partial charge in [0, 0.05) is 18.8 Å². The molecule has 3 rings (SSSR count). The molecule has 0 saturated carbocycles. The largest absolute Gasteiger partial charge is 0.478 e. The fraction of sp³-hybridized carbons (Fsp3) is 0.188. The standard InChI is InChI=1S/C16H16N2O2/c1-11-2-5-13(6-3-11)18-9-8-17-14-10-12(16(19)20)4-7-15(14)18/h2-7,10,17H,8-9H2,1H3,(H,19,20). The molecule has 1 heterocycles. The van der Waals surface area contributed by atoms with Crippen molar-refractivity contribution in [1.29, 1.82) is 0 Å². The van der Waals surface area contributed by atoms with Crippen molar-refractivity contribution in [3.05, 3.63) is 53.6 Å². The summed E-state index contributed by atoms with van der Waals surface area (Å²) in [6, 6.07) is 13.6. The highest BCUT2D eigenvalue weighted by atomic mass is 16.4. The van der Waals surface area contributed by atoms with Crippen LogP contribution < -0.4 is 10.2 Å². The van der Waals surface area contributed by atoms with Gasteiger partial charge >= 0.3 is 5.97 Å². The fourth-order valence-electron chi connectivity index (χ4n) is 2.46. The number of aromatic carboxylic acids is 1. The minimum Gasteiger partial charge on any atom is -0.478 e. The fourth-order valence-corrected chi connectivity index (χ4v) is 2.46. The Morgan fingerprint density at radius 1 is 1.20 bits per heavy atom. The highest BCUT2D eigenvalue weighted by Crippen LogP contribution is 2.35. The molecule has 0 atom stereocenters. The van der Waals surface area contributed by atoms with Crippen molar-refractivity contribution in [3.8, 4) is 0 Å². The van der Waals surface area contributed by atoms with Crippen molar-refractivity contribution < 1.29 is 9.90 Å². The van der Waals surface area contributed by atoms with E-state index in [1.807, 2.05) is 6.07 Å². The van der Waals surface area contributed by atoms with Gasteiger partial charge in [0.25, 0.3) is 0 Å². The van der Waals surface area contributed by atoms with E-state index < -0.39 is 5.97 Å². The number of hydrogen-bond donors (Lipinski definition) is 2. The molecule has 0 amide bonds. The second kappa shape index (κ2) is 4.89. The lowest BCUT2D eigenvalue weighted by molar-refractivity contribution is 0.0697. The second-order valence-corrected chi connectivity index (χ2v) is 4.95. The molecule has 1 aliphatic heterocycles. The van der Waals surface area contributed by atoms with Crippen LogP contribution in [0, 0.1) is 6.92 Å². The molecule has 0 spiro atoms. The van der Waals surface area contributed by atoms with Crippen molar-refractivity contribution in [2.75, 3.05) is 23.3 Å². The molecule has 4 nitrogen and oxygen atoms in total. The Morgan fingerprint density at radius 3 is 2.65 bits per heavy atom. The van der Waals surface area contributed by atoms with E-state index >= 15 is 0 Å². The molecule has 20 heavy (non-hydrogen) atoms. The van der Waals surface area contributed by atoms with E-state index in [2.05, 4.69) is 41.4 Å². The van der Waals surface area contributed by atoms with Crippen LogP contribution in [0.5, 0.6) is 0 Å². The summed E-state index contributed by atoms with van der Waals surface area (Å²) < 4.78 is 0. The summed E-state index contributed by atoms with van der Waals surface area (Å²) in [5.74, 6) is -0.901. The number of fused-ring (bicyclic) bond motifs is 1. The Morgan fingerprint density at radius 2 is 1.95 bits per heavy atom. The van der Waals surface area contributed by atoms with Crippen LogP contribution in [0.25, 0.3) is 0 Å². The summed E-state index contributed by atoms with van der Waals surface area (Å²) in [6.45, 7) is 3.72. The number of aryl methyl sites for hydroxylation is 1. The molecule has 2 aromatic rings. The first kappa shape index (κ1) is 12.5. The van der Waals surface area contributed by atoms with Crippen LogP contribution in [0.1, 0.15) is 15.9 Å². The average Bonchev–Trinajstić information content (AvgIpc) is 2.47. The van der Waals surface area contributed by atoms with Gasteiger partial charge in [-0.25, -0.2) is 4.79 Å². The zero-order valence-electron chi connectivity index (χ0n) is 11.3. The van der Waals surface area contributed by atoms with Crippen molar-refractivity contribution in [2.45, 2.75) is 6.92 Å².